The molecule has 0 bridgehead atoms. The van der Waals surface area contributed by atoms with E-state index in [4.69, 9.17) is 16.3 Å². The van der Waals surface area contributed by atoms with Crippen LogP contribution in [0.25, 0.3) is 0 Å². The lowest BCUT2D eigenvalue weighted by atomic mass is 10.1. The van der Waals surface area contributed by atoms with E-state index < -0.39 is 0 Å². The molecule has 0 fully saturated rings. The first kappa shape index (κ1) is 19.5. The van der Waals surface area contributed by atoms with E-state index in [-0.39, 0.29) is 5.91 Å². The number of hydrogen-bond donors (Lipinski definition) is 1. The molecule has 2 aromatic carbocycles. The summed E-state index contributed by atoms with van der Waals surface area (Å²) in [5.41, 5.74) is 2.53. The Hall–Kier alpha value is -2.31. The summed E-state index contributed by atoms with van der Waals surface area (Å²) in [5.74, 6) is 0.497. The minimum Gasteiger partial charge on any atom is -0.487 e. The molecule has 27 heavy (non-hydrogen) atoms. The highest BCUT2D eigenvalue weighted by Gasteiger charge is 2.07. The molecule has 0 spiro atoms. The van der Waals surface area contributed by atoms with Gasteiger partial charge >= 0.3 is 0 Å². The average Bonchev–Trinajstić information content (AvgIpc) is 3.14. The molecule has 0 aliphatic heterocycles. The highest BCUT2D eigenvalue weighted by molar-refractivity contribution is 9.10. The lowest BCUT2D eigenvalue weighted by molar-refractivity contribution is 0.0951. The normalized spacial score (nSPS) is 10.6. The van der Waals surface area contributed by atoms with Gasteiger partial charge in [-0.3, -0.25) is 9.48 Å². The maximum Gasteiger partial charge on any atom is 0.251 e. The maximum absolute atomic E-state index is 12.3. The van der Waals surface area contributed by atoms with E-state index in [1.54, 1.807) is 24.4 Å². The van der Waals surface area contributed by atoms with Crippen LogP contribution in [0, 0.1) is 0 Å². The van der Waals surface area contributed by atoms with Crippen molar-refractivity contribution in [2.24, 2.45) is 0 Å². The van der Waals surface area contributed by atoms with Crippen molar-refractivity contribution in [3.05, 3.63) is 81.0 Å². The molecule has 0 radical (unpaired) electrons. The quantitative estimate of drug-likeness (QED) is 0.563. The van der Waals surface area contributed by atoms with Crippen LogP contribution in [0.1, 0.15) is 28.4 Å². The number of hydrogen-bond acceptors (Lipinski definition) is 3. The van der Waals surface area contributed by atoms with Gasteiger partial charge in [0.15, 0.2) is 0 Å². The van der Waals surface area contributed by atoms with Gasteiger partial charge in [0.25, 0.3) is 5.91 Å². The summed E-state index contributed by atoms with van der Waals surface area (Å²) in [6, 6.07) is 12.8. The molecule has 1 aromatic heterocycles. The monoisotopic (exact) mass is 447 g/mol. The molecule has 3 rings (SSSR count). The molecule has 1 amide bonds. The van der Waals surface area contributed by atoms with E-state index in [0.717, 1.165) is 22.1 Å². The van der Waals surface area contributed by atoms with E-state index >= 15 is 0 Å². The minimum atomic E-state index is -0.123. The first-order valence-corrected chi connectivity index (χ1v) is 9.68. The molecule has 7 heteroatoms. The second-order valence-corrected chi connectivity index (χ2v) is 7.27. The molecule has 3 aromatic rings. The first-order chi connectivity index (χ1) is 13.0. The molecule has 0 aliphatic rings. The van der Waals surface area contributed by atoms with E-state index in [9.17, 15) is 4.79 Å². The number of aromatic nitrogens is 2. The molecular formula is C20H19BrClN3O2. The standard InChI is InChI=1S/C20H19BrClN3O2/c1-2-25-12-15(11-24-25)10-23-20(26)16-5-3-14(4-6-16)13-27-19-8-7-17(21)9-18(19)22/h3-9,11-12H,2,10,13H2,1H3,(H,23,26). The number of amides is 1. The zero-order valence-electron chi connectivity index (χ0n) is 14.8. The summed E-state index contributed by atoms with van der Waals surface area (Å²) in [7, 11) is 0. The van der Waals surface area contributed by atoms with E-state index in [0.29, 0.717) is 29.5 Å². The highest BCUT2D eigenvalue weighted by Crippen LogP contribution is 2.28. The number of ether oxygens (including phenoxy) is 1. The Morgan fingerprint density at radius 1 is 1.22 bits per heavy atom. The molecule has 0 aliphatic carbocycles. The number of rotatable bonds is 7. The van der Waals surface area contributed by atoms with Crippen LogP contribution in [0.3, 0.4) is 0 Å². The summed E-state index contributed by atoms with van der Waals surface area (Å²) >= 11 is 9.51. The number of carbonyl (C=O) groups excluding carboxylic acids is 1. The zero-order chi connectivity index (χ0) is 19.2. The van der Waals surface area contributed by atoms with Crippen LogP contribution in [0.5, 0.6) is 5.75 Å². The SMILES string of the molecule is CCn1cc(CNC(=O)c2ccc(COc3ccc(Br)cc3Cl)cc2)cn1. The fraction of sp³-hybridized carbons (Fsp3) is 0.200. The van der Waals surface area contributed by atoms with Gasteiger partial charge in [-0.05, 0) is 42.8 Å². The van der Waals surface area contributed by atoms with Gasteiger partial charge in [0, 0.05) is 34.9 Å². The number of nitrogens with zero attached hydrogens (tertiary/aromatic N) is 2. The fourth-order valence-corrected chi connectivity index (χ4v) is 3.19. The van der Waals surface area contributed by atoms with Crippen molar-refractivity contribution in [2.75, 3.05) is 0 Å². The van der Waals surface area contributed by atoms with Crippen LogP contribution in [0.4, 0.5) is 0 Å². The smallest absolute Gasteiger partial charge is 0.251 e. The van der Waals surface area contributed by atoms with E-state index in [2.05, 4.69) is 26.3 Å². The number of benzene rings is 2. The third-order valence-electron chi connectivity index (χ3n) is 3.97. The predicted octanol–water partition coefficient (Wildman–Crippen LogP) is 4.83. The molecule has 0 unspecified atom stereocenters. The van der Waals surface area contributed by atoms with Crippen molar-refractivity contribution in [3.63, 3.8) is 0 Å². The molecule has 140 valence electrons. The Bertz CT molecular complexity index is 925. The van der Waals surface area contributed by atoms with Gasteiger partial charge in [0.1, 0.15) is 12.4 Å². The highest BCUT2D eigenvalue weighted by atomic mass is 79.9. The molecule has 1 N–H and O–H groups in total. The summed E-state index contributed by atoms with van der Waals surface area (Å²) in [6.07, 6.45) is 3.69. The lowest BCUT2D eigenvalue weighted by Gasteiger charge is -2.09. The van der Waals surface area contributed by atoms with Crippen LogP contribution in [0.2, 0.25) is 5.02 Å². The second kappa shape index (κ2) is 9.06. The van der Waals surface area contributed by atoms with Gasteiger partial charge < -0.3 is 10.1 Å². The number of carbonyl (C=O) groups is 1. The van der Waals surface area contributed by atoms with Crippen LogP contribution in [-0.2, 0) is 19.7 Å². The van der Waals surface area contributed by atoms with Crippen molar-refractivity contribution in [1.82, 2.24) is 15.1 Å². The Kier molecular flexibility index (Phi) is 6.53. The summed E-state index contributed by atoms with van der Waals surface area (Å²) < 4.78 is 8.46. The van der Waals surface area contributed by atoms with Crippen molar-refractivity contribution in [1.29, 1.82) is 0 Å². The topological polar surface area (TPSA) is 56.2 Å². The number of nitrogens with one attached hydrogen (secondary N) is 1. The Labute approximate surface area is 171 Å². The molecule has 1 heterocycles. The van der Waals surface area contributed by atoms with Crippen LogP contribution < -0.4 is 10.1 Å². The van der Waals surface area contributed by atoms with Gasteiger partial charge in [-0.1, -0.05) is 39.7 Å². The van der Waals surface area contributed by atoms with Gasteiger partial charge in [0.05, 0.1) is 11.2 Å². The largest absolute Gasteiger partial charge is 0.487 e. The Morgan fingerprint density at radius 3 is 2.67 bits per heavy atom. The van der Waals surface area contributed by atoms with Crippen LogP contribution in [0.15, 0.2) is 59.3 Å². The summed E-state index contributed by atoms with van der Waals surface area (Å²) in [5, 5.41) is 7.64. The van der Waals surface area contributed by atoms with E-state index in [1.165, 1.54) is 0 Å². The van der Waals surface area contributed by atoms with E-state index in [1.807, 2.05) is 42.1 Å². The number of aryl methyl sites for hydroxylation is 1. The lowest BCUT2D eigenvalue weighted by Crippen LogP contribution is -2.22. The molecule has 0 saturated heterocycles. The molecule has 0 saturated carbocycles. The summed E-state index contributed by atoms with van der Waals surface area (Å²) in [6.45, 7) is 3.65. The van der Waals surface area contributed by atoms with Crippen molar-refractivity contribution < 1.29 is 9.53 Å². The molecular weight excluding hydrogens is 430 g/mol. The van der Waals surface area contributed by atoms with Gasteiger partial charge in [-0.15, -0.1) is 0 Å². The summed E-state index contributed by atoms with van der Waals surface area (Å²) in [4.78, 5) is 12.3. The van der Waals surface area contributed by atoms with Gasteiger partial charge in [0.2, 0.25) is 0 Å². The third-order valence-corrected chi connectivity index (χ3v) is 4.76. The average molecular weight is 449 g/mol. The van der Waals surface area contributed by atoms with Gasteiger partial charge in [-0.25, -0.2) is 0 Å². The zero-order valence-corrected chi connectivity index (χ0v) is 17.1. The first-order valence-electron chi connectivity index (χ1n) is 8.51. The van der Waals surface area contributed by atoms with Crippen LogP contribution in [-0.4, -0.2) is 15.7 Å². The Morgan fingerprint density at radius 2 is 2.00 bits per heavy atom. The van der Waals surface area contributed by atoms with Crippen molar-refractivity contribution >= 4 is 33.4 Å². The number of halogens is 2. The second-order valence-electron chi connectivity index (χ2n) is 5.95. The van der Waals surface area contributed by atoms with Gasteiger partial charge in [-0.2, -0.15) is 5.10 Å². The van der Waals surface area contributed by atoms with Crippen molar-refractivity contribution in [3.8, 4) is 5.75 Å². The maximum atomic E-state index is 12.3. The minimum absolute atomic E-state index is 0.123. The third kappa shape index (κ3) is 5.34. The fourth-order valence-electron chi connectivity index (χ4n) is 2.46. The van der Waals surface area contributed by atoms with Crippen LogP contribution >= 0.6 is 27.5 Å². The Balaban J connectivity index is 1.53. The molecule has 0 atom stereocenters. The van der Waals surface area contributed by atoms with Crippen molar-refractivity contribution in [2.45, 2.75) is 26.6 Å². The molecule has 5 nitrogen and oxygen atoms in total. The predicted molar refractivity (Wildman–Crippen MR) is 109 cm³/mol.